The van der Waals surface area contributed by atoms with E-state index in [-0.39, 0.29) is 23.1 Å². The lowest BCUT2D eigenvalue weighted by molar-refractivity contribution is -0.147. The summed E-state index contributed by atoms with van der Waals surface area (Å²) in [5, 5.41) is 0.125. The predicted molar refractivity (Wildman–Crippen MR) is 49.8 cm³/mol. The molecule has 0 bridgehead atoms. The summed E-state index contributed by atoms with van der Waals surface area (Å²) in [6.45, 7) is 0. The second-order valence-corrected chi connectivity index (χ2v) is 5.39. The Morgan fingerprint density at radius 1 is 1.23 bits per heavy atom. The van der Waals surface area contributed by atoms with Gasteiger partial charge in [-0.05, 0) is 19.3 Å². The van der Waals surface area contributed by atoms with Crippen molar-refractivity contribution in [3.63, 3.8) is 0 Å². The largest absolute Gasteiger partial charge is 0.460 e. The molecular formula is C9H14O3S. The van der Waals surface area contributed by atoms with E-state index < -0.39 is 10.8 Å². The SMILES string of the molecule is O=C1CS(=O)[C@@H]2CCCCC[C@H]2O1. The van der Waals surface area contributed by atoms with Crippen molar-refractivity contribution in [1.82, 2.24) is 0 Å². The number of carbonyl (C=O) groups is 1. The van der Waals surface area contributed by atoms with Crippen LogP contribution in [0, 0.1) is 0 Å². The van der Waals surface area contributed by atoms with Gasteiger partial charge in [0.2, 0.25) is 0 Å². The summed E-state index contributed by atoms with van der Waals surface area (Å²) in [7, 11) is -0.972. The molecule has 1 aliphatic carbocycles. The first-order chi connectivity index (χ1) is 6.27. The molecule has 74 valence electrons. The molecule has 3 atom stereocenters. The Bertz CT molecular complexity index is 239. The van der Waals surface area contributed by atoms with Crippen LogP contribution in [0.3, 0.4) is 0 Å². The molecule has 4 heteroatoms. The Labute approximate surface area is 80.3 Å². The molecule has 2 fully saturated rings. The molecule has 1 saturated carbocycles. The van der Waals surface area contributed by atoms with Crippen molar-refractivity contribution in [2.75, 3.05) is 5.75 Å². The Hall–Kier alpha value is -0.380. The number of fused-ring (bicyclic) bond motifs is 1. The number of hydrogen-bond donors (Lipinski definition) is 0. The second kappa shape index (κ2) is 3.78. The molecule has 1 saturated heterocycles. The Kier molecular flexibility index (Phi) is 2.67. The summed E-state index contributed by atoms with van der Waals surface area (Å²) in [6, 6.07) is 0. The molecule has 0 radical (unpaired) electrons. The van der Waals surface area contributed by atoms with E-state index in [0.29, 0.717) is 0 Å². The molecule has 1 aliphatic heterocycles. The summed E-state index contributed by atoms with van der Waals surface area (Å²) < 4.78 is 16.8. The maximum absolute atomic E-state index is 11.6. The fourth-order valence-corrected chi connectivity index (χ4v) is 3.58. The van der Waals surface area contributed by atoms with Crippen molar-refractivity contribution in [1.29, 1.82) is 0 Å². The summed E-state index contributed by atoms with van der Waals surface area (Å²) in [5.74, 6) is -0.164. The van der Waals surface area contributed by atoms with E-state index in [0.717, 1.165) is 25.7 Å². The van der Waals surface area contributed by atoms with Crippen molar-refractivity contribution >= 4 is 16.8 Å². The minimum Gasteiger partial charge on any atom is -0.460 e. The average Bonchev–Trinajstić information content (AvgIpc) is 2.28. The third kappa shape index (κ3) is 1.93. The molecule has 0 amide bonds. The predicted octanol–water partition coefficient (Wildman–Crippen LogP) is 0.993. The van der Waals surface area contributed by atoms with Gasteiger partial charge >= 0.3 is 5.97 Å². The summed E-state index contributed by atoms with van der Waals surface area (Å²) in [6.07, 6.45) is 5.23. The van der Waals surface area contributed by atoms with Gasteiger partial charge in [-0.3, -0.25) is 9.00 Å². The van der Waals surface area contributed by atoms with Crippen molar-refractivity contribution < 1.29 is 13.7 Å². The van der Waals surface area contributed by atoms with E-state index in [1.54, 1.807) is 0 Å². The molecular weight excluding hydrogens is 188 g/mol. The summed E-state index contributed by atoms with van der Waals surface area (Å²) >= 11 is 0. The van der Waals surface area contributed by atoms with Gasteiger partial charge in [-0.25, -0.2) is 0 Å². The maximum atomic E-state index is 11.6. The van der Waals surface area contributed by atoms with Crippen molar-refractivity contribution in [3.8, 4) is 0 Å². The van der Waals surface area contributed by atoms with Gasteiger partial charge < -0.3 is 4.74 Å². The molecule has 0 N–H and O–H groups in total. The maximum Gasteiger partial charge on any atom is 0.318 e. The van der Waals surface area contributed by atoms with Gasteiger partial charge in [0.05, 0.1) is 5.25 Å². The van der Waals surface area contributed by atoms with E-state index in [1.165, 1.54) is 6.42 Å². The van der Waals surface area contributed by atoms with Crippen molar-refractivity contribution in [2.24, 2.45) is 0 Å². The lowest BCUT2D eigenvalue weighted by atomic mass is 10.1. The molecule has 0 aromatic rings. The third-order valence-electron chi connectivity index (χ3n) is 2.77. The van der Waals surface area contributed by atoms with Crippen LogP contribution in [0.1, 0.15) is 32.1 Å². The molecule has 3 nitrogen and oxygen atoms in total. The third-order valence-corrected chi connectivity index (χ3v) is 4.51. The van der Waals surface area contributed by atoms with E-state index in [1.807, 2.05) is 0 Å². The number of hydrogen-bond acceptors (Lipinski definition) is 3. The molecule has 13 heavy (non-hydrogen) atoms. The number of esters is 1. The van der Waals surface area contributed by atoms with Gasteiger partial charge in [0.1, 0.15) is 11.9 Å². The van der Waals surface area contributed by atoms with Gasteiger partial charge in [-0.2, -0.15) is 0 Å². The van der Waals surface area contributed by atoms with Gasteiger partial charge in [-0.15, -0.1) is 0 Å². The molecule has 2 aliphatic rings. The van der Waals surface area contributed by atoms with Crippen LogP contribution in [0.25, 0.3) is 0 Å². The highest BCUT2D eigenvalue weighted by Crippen LogP contribution is 2.27. The van der Waals surface area contributed by atoms with Crippen LogP contribution < -0.4 is 0 Å². The highest BCUT2D eigenvalue weighted by molar-refractivity contribution is 7.86. The molecule has 0 aromatic heterocycles. The first-order valence-electron chi connectivity index (χ1n) is 4.84. The summed E-state index contributed by atoms with van der Waals surface area (Å²) in [5.41, 5.74) is 0. The van der Waals surface area contributed by atoms with Crippen molar-refractivity contribution in [3.05, 3.63) is 0 Å². The minimum atomic E-state index is -0.972. The standard InChI is InChI=1S/C9H14O3S/c10-9-6-13(11)8-5-3-1-2-4-7(8)12-9/h7-8H,1-6H2/t7-,8-,13?/m1/s1. The Morgan fingerprint density at radius 2 is 2.00 bits per heavy atom. The lowest BCUT2D eigenvalue weighted by Crippen LogP contribution is -2.42. The average molecular weight is 202 g/mol. The zero-order chi connectivity index (χ0) is 9.26. The first kappa shape index (κ1) is 9.19. The topological polar surface area (TPSA) is 43.4 Å². The van der Waals surface area contributed by atoms with Gasteiger partial charge in [0.25, 0.3) is 0 Å². The summed E-state index contributed by atoms with van der Waals surface area (Å²) in [4.78, 5) is 11.0. The van der Waals surface area contributed by atoms with Crippen LogP contribution in [-0.4, -0.2) is 27.3 Å². The smallest absolute Gasteiger partial charge is 0.318 e. The van der Waals surface area contributed by atoms with Crippen LogP contribution in [0.4, 0.5) is 0 Å². The van der Waals surface area contributed by atoms with Gasteiger partial charge in [0.15, 0.2) is 0 Å². The Balaban J connectivity index is 2.11. The molecule has 1 heterocycles. The van der Waals surface area contributed by atoms with Crippen LogP contribution in [-0.2, 0) is 20.3 Å². The van der Waals surface area contributed by atoms with Gasteiger partial charge in [-0.1, -0.05) is 12.8 Å². The fraction of sp³-hybridized carbons (Fsp3) is 0.889. The number of ether oxygens (including phenoxy) is 1. The second-order valence-electron chi connectivity index (χ2n) is 3.73. The minimum absolute atomic E-state index is 0.0513. The fourth-order valence-electron chi connectivity index (χ4n) is 2.10. The number of rotatable bonds is 0. The van der Waals surface area contributed by atoms with Crippen LogP contribution in [0.15, 0.2) is 0 Å². The zero-order valence-corrected chi connectivity index (χ0v) is 8.35. The quantitative estimate of drug-likeness (QED) is 0.550. The molecule has 2 rings (SSSR count). The van der Waals surface area contributed by atoms with E-state index in [2.05, 4.69) is 0 Å². The molecule has 1 unspecified atom stereocenters. The zero-order valence-electron chi connectivity index (χ0n) is 7.53. The highest BCUT2D eigenvalue weighted by Gasteiger charge is 2.36. The lowest BCUT2D eigenvalue weighted by Gasteiger charge is -2.28. The normalized spacial score (nSPS) is 40.3. The number of carbonyl (C=O) groups excluding carboxylic acids is 1. The van der Waals surface area contributed by atoms with Crippen LogP contribution >= 0.6 is 0 Å². The van der Waals surface area contributed by atoms with Gasteiger partial charge in [0, 0.05) is 10.8 Å². The van der Waals surface area contributed by atoms with E-state index >= 15 is 0 Å². The molecule has 0 spiro atoms. The molecule has 0 aromatic carbocycles. The highest BCUT2D eigenvalue weighted by atomic mass is 32.2. The Morgan fingerprint density at radius 3 is 2.85 bits per heavy atom. The van der Waals surface area contributed by atoms with Crippen LogP contribution in [0.5, 0.6) is 0 Å². The van der Waals surface area contributed by atoms with E-state index in [9.17, 15) is 9.00 Å². The van der Waals surface area contributed by atoms with Crippen molar-refractivity contribution in [2.45, 2.75) is 43.5 Å². The van der Waals surface area contributed by atoms with E-state index in [4.69, 9.17) is 4.74 Å². The first-order valence-corrected chi connectivity index (χ1v) is 6.22. The van der Waals surface area contributed by atoms with Crippen LogP contribution in [0.2, 0.25) is 0 Å². The monoisotopic (exact) mass is 202 g/mol.